The molecule has 0 spiro atoms. The second-order valence-electron chi connectivity index (χ2n) is 1.80. The van der Waals surface area contributed by atoms with Gasteiger partial charge in [0.15, 0.2) is 0 Å². The molecule has 0 saturated heterocycles. The molecular formula is C8H11BrN2. The Labute approximate surface area is 75.1 Å². The number of nitrogens with one attached hydrogen (secondary N) is 1. The Morgan fingerprint density at radius 3 is 2.09 bits per heavy atom. The Balaban J connectivity index is 0.000000292. The largest absolute Gasteiger partial charge is 0.326 e. The molecule has 0 saturated carbocycles. The lowest BCUT2D eigenvalue weighted by atomic mass is 10.2. The lowest BCUT2D eigenvalue weighted by Gasteiger charge is -1.90. The quantitative estimate of drug-likeness (QED) is 0.692. The van der Waals surface area contributed by atoms with Crippen LogP contribution in [-0.4, -0.2) is 5.12 Å². The molecule has 0 heterocycles. The van der Waals surface area contributed by atoms with E-state index in [1.165, 1.54) is 5.56 Å². The Hall–Kier alpha value is -0.670. The van der Waals surface area contributed by atoms with Gasteiger partial charge in [0.2, 0.25) is 0 Å². The van der Waals surface area contributed by atoms with Gasteiger partial charge in [0.1, 0.15) is 0 Å². The summed E-state index contributed by atoms with van der Waals surface area (Å²) < 4.78 is 0. The van der Waals surface area contributed by atoms with Crippen molar-refractivity contribution in [3.8, 4) is 0 Å². The maximum atomic E-state index is 6.00. The van der Waals surface area contributed by atoms with Crippen LogP contribution in [0.3, 0.4) is 0 Å². The topological polar surface area (TPSA) is 49.9 Å². The van der Waals surface area contributed by atoms with Crippen LogP contribution < -0.4 is 5.73 Å². The van der Waals surface area contributed by atoms with Gasteiger partial charge in [-0.3, -0.25) is 0 Å². The van der Waals surface area contributed by atoms with Crippen LogP contribution in [0.4, 0.5) is 0 Å². The van der Waals surface area contributed by atoms with Crippen molar-refractivity contribution in [3.63, 3.8) is 0 Å². The molecule has 60 valence electrons. The van der Waals surface area contributed by atoms with Gasteiger partial charge < -0.3 is 11.1 Å². The van der Waals surface area contributed by atoms with Crippen molar-refractivity contribution in [2.24, 2.45) is 5.73 Å². The molecule has 0 fully saturated rings. The van der Waals surface area contributed by atoms with Crippen molar-refractivity contribution in [2.75, 3.05) is 0 Å². The van der Waals surface area contributed by atoms with Crippen LogP contribution in [0, 0.1) is 5.41 Å². The third kappa shape index (κ3) is 5.76. The van der Waals surface area contributed by atoms with E-state index in [2.05, 4.69) is 15.9 Å². The van der Waals surface area contributed by atoms with Gasteiger partial charge in [-0.2, -0.15) is 0 Å². The predicted molar refractivity (Wildman–Crippen MR) is 52.0 cm³/mol. The van der Waals surface area contributed by atoms with Crippen LogP contribution in [0.2, 0.25) is 0 Å². The summed E-state index contributed by atoms with van der Waals surface area (Å²) in [7, 11) is 0. The van der Waals surface area contributed by atoms with E-state index in [0.29, 0.717) is 6.54 Å². The van der Waals surface area contributed by atoms with Crippen LogP contribution in [0.5, 0.6) is 0 Å². The average molecular weight is 215 g/mol. The smallest absolute Gasteiger partial charge is 0.0606 e. The molecule has 0 bridgehead atoms. The zero-order valence-electron chi connectivity index (χ0n) is 6.13. The van der Waals surface area contributed by atoms with Gasteiger partial charge in [0, 0.05) is 6.54 Å². The zero-order chi connectivity index (χ0) is 8.53. The molecule has 1 aromatic carbocycles. The van der Waals surface area contributed by atoms with Gasteiger partial charge in [-0.1, -0.05) is 30.3 Å². The van der Waals surface area contributed by atoms with Gasteiger partial charge in [0.25, 0.3) is 0 Å². The molecule has 0 amide bonds. The number of benzene rings is 1. The van der Waals surface area contributed by atoms with Crippen molar-refractivity contribution in [2.45, 2.75) is 6.54 Å². The molecule has 1 aromatic rings. The van der Waals surface area contributed by atoms with Crippen LogP contribution in [0.15, 0.2) is 30.3 Å². The first-order valence-corrected chi connectivity index (χ1v) is 4.10. The predicted octanol–water partition coefficient (Wildman–Crippen LogP) is 2.13. The SMILES string of the molecule is N=CBr.NCc1ccccc1. The fourth-order valence-electron chi connectivity index (χ4n) is 0.614. The summed E-state index contributed by atoms with van der Waals surface area (Å²) in [6.07, 6.45) is 0. The van der Waals surface area contributed by atoms with E-state index < -0.39 is 0 Å². The first-order chi connectivity index (χ1) is 5.35. The second kappa shape index (κ2) is 7.44. The maximum Gasteiger partial charge on any atom is 0.0606 e. The van der Waals surface area contributed by atoms with E-state index >= 15 is 0 Å². The van der Waals surface area contributed by atoms with Crippen LogP contribution >= 0.6 is 15.9 Å². The molecule has 0 unspecified atom stereocenters. The Kier molecular flexibility index (Phi) is 6.98. The molecule has 0 aliphatic rings. The molecule has 11 heavy (non-hydrogen) atoms. The Bertz CT molecular complexity index is 187. The van der Waals surface area contributed by atoms with E-state index in [4.69, 9.17) is 11.1 Å². The summed E-state index contributed by atoms with van der Waals surface area (Å²) in [6, 6.07) is 9.99. The van der Waals surface area contributed by atoms with E-state index in [1.54, 1.807) is 0 Å². The molecule has 2 nitrogen and oxygen atoms in total. The minimum atomic E-state index is 0.640. The number of hydrogen-bond acceptors (Lipinski definition) is 2. The van der Waals surface area contributed by atoms with Crippen LogP contribution in [0.1, 0.15) is 5.56 Å². The third-order valence-electron chi connectivity index (χ3n) is 1.08. The number of hydrogen-bond donors (Lipinski definition) is 2. The summed E-state index contributed by atoms with van der Waals surface area (Å²) in [5.41, 5.74) is 6.54. The van der Waals surface area contributed by atoms with Crippen molar-refractivity contribution in [3.05, 3.63) is 35.9 Å². The minimum absolute atomic E-state index is 0.640. The standard InChI is InChI=1S/C7H9N.CH2BrN/c8-6-7-4-2-1-3-5-7;2-1-3/h1-5H,6,8H2;1,3H. The van der Waals surface area contributed by atoms with Gasteiger partial charge in [0.05, 0.1) is 5.12 Å². The van der Waals surface area contributed by atoms with Gasteiger partial charge >= 0.3 is 0 Å². The molecule has 0 aliphatic carbocycles. The molecular weight excluding hydrogens is 204 g/mol. The van der Waals surface area contributed by atoms with Crippen molar-refractivity contribution in [1.82, 2.24) is 0 Å². The normalized spacial score (nSPS) is 7.82. The fourth-order valence-corrected chi connectivity index (χ4v) is 0.614. The molecule has 3 N–H and O–H groups in total. The molecule has 3 heteroatoms. The van der Waals surface area contributed by atoms with Crippen LogP contribution in [0.25, 0.3) is 0 Å². The maximum absolute atomic E-state index is 6.00. The minimum Gasteiger partial charge on any atom is -0.326 e. The van der Waals surface area contributed by atoms with E-state index in [9.17, 15) is 0 Å². The highest BCUT2D eigenvalue weighted by Crippen LogP contribution is 1.94. The summed E-state index contributed by atoms with van der Waals surface area (Å²) in [6.45, 7) is 0.640. The first-order valence-electron chi connectivity index (χ1n) is 3.18. The highest BCUT2D eigenvalue weighted by Gasteiger charge is 1.80. The molecule has 1 rings (SSSR count). The van der Waals surface area contributed by atoms with Gasteiger partial charge in [-0.05, 0) is 21.5 Å². The lowest BCUT2D eigenvalue weighted by Crippen LogP contribution is -1.94. The molecule has 0 atom stereocenters. The molecule has 0 aromatic heterocycles. The summed E-state index contributed by atoms with van der Waals surface area (Å²) >= 11 is 2.69. The molecule has 0 aliphatic heterocycles. The number of halogens is 1. The first kappa shape index (κ1) is 10.3. The van der Waals surface area contributed by atoms with Gasteiger partial charge in [-0.15, -0.1) is 0 Å². The average Bonchev–Trinajstić information content (AvgIpc) is 2.08. The van der Waals surface area contributed by atoms with E-state index in [-0.39, 0.29) is 0 Å². The highest BCUT2D eigenvalue weighted by molar-refractivity contribution is 9.17. The highest BCUT2D eigenvalue weighted by atomic mass is 79.9. The zero-order valence-corrected chi connectivity index (χ0v) is 7.71. The Morgan fingerprint density at radius 2 is 1.82 bits per heavy atom. The lowest BCUT2D eigenvalue weighted by molar-refractivity contribution is 1.07. The summed E-state index contributed by atoms with van der Waals surface area (Å²) in [4.78, 5) is 0. The fraction of sp³-hybridized carbons (Fsp3) is 0.125. The van der Waals surface area contributed by atoms with Crippen molar-refractivity contribution >= 4 is 21.1 Å². The number of rotatable bonds is 1. The number of nitrogens with two attached hydrogens (primary N) is 1. The van der Waals surface area contributed by atoms with Gasteiger partial charge in [-0.25, -0.2) is 0 Å². The monoisotopic (exact) mass is 214 g/mol. The molecule has 0 radical (unpaired) electrons. The summed E-state index contributed by atoms with van der Waals surface area (Å²) in [5, 5.41) is 7.06. The van der Waals surface area contributed by atoms with Crippen molar-refractivity contribution in [1.29, 1.82) is 5.41 Å². The second-order valence-corrected chi connectivity index (χ2v) is 2.26. The van der Waals surface area contributed by atoms with Crippen LogP contribution in [-0.2, 0) is 6.54 Å². The summed E-state index contributed by atoms with van der Waals surface area (Å²) in [5.74, 6) is 0. The Morgan fingerprint density at radius 1 is 1.36 bits per heavy atom. The van der Waals surface area contributed by atoms with E-state index in [1.807, 2.05) is 30.3 Å². The van der Waals surface area contributed by atoms with Crippen molar-refractivity contribution < 1.29 is 0 Å². The van der Waals surface area contributed by atoms with E-state index in [0.717, 1.165) is 5.12 Å². The third-order valence-corrected chi connectivity index (χ3v) is 1.08.